The molecule has 9 nitrogen and oxygen atoms in total. The van der Waals surface area contributed by atoms with Crippen molar-refractivity contribution in [1.29, 1.82) is 5.41 Å². The molecule has 2 aromatic rings. The van der Waals surface area contributed by atoms with Crippen LogP contribution in [0.2, 0.25) is 0 Å². The third kappa shape index (κ3) is 6.06. The average molecular weight is 431 g/mol. The molecular formula is C20H21N3O6S. The first-order valence-electron chi connectivity index (χ1n) is 8.98. The van der Waals surface area contributed by atoms with E-state index < -0.39 is 40.0 Å². The average Bonchev–Trinajstić information content (AvgIpc) is 2.75. The predicted molar refractivity (Wildman–Crippen MR) is 108 cm³/mol. The lowest BCUT2D eigenvalue weighted by atomic mass is 10.1. The molecule has 1 amide bonds. The molecule has 10 heteroatoms. The summed E-state index contributed by atoms with van der Waals surface area (Å²) in [7, 11) is -4.22. The molecule has 0 spiro atoms. The monoisotopic (exact) mass is 431 g/mol. The highest BCUT2D eigenvalue weighted by Gasteiger charge is 2.31. The van der Waals surface area contributed by atoms with Crippen LogP contribution in [0.3, 0.4) is 0 Å². The van der Waals surface area contributed by atoms with E-state index in [9.17, 15) is 22.8 Å². The molecule has 2 rings (SSSR count). The number of carbonyl (C=O) groups is 3. The van der Waals surface area contributed by atoms with Gasteiger partial charge in [-0.3, -0.25) is 9.59 Å². The maximum absolute atomic E-state index is 12.6. The number of benzene rings is 2. The fourth-order valence-electron chi connectivity index (χ4n) is 2.35. The number of esters is 2. The largest absolute Gasteiger partial charge is 0.390 e. The summed E-state index contributed by atoms with van der Waals surface area (Å²) < 4.78 is 32.0. The topological polar surface area (TPSA) is 142 Å². The summed E-state index contributed by atoms with van der Waals surface area (Å²) >= 11 is 0. The highest BCUT2D eigenvalue weighted by atomic mass is 32.2. The van der Waals surface area contributed by atoms with Gasteiger partial charge < -0.3 is 15.5 Å². The summed E-state index contributed by atoms with van der Waals surface area (Å²) in [5, 5.41) is 9.43. The van der Waals surface area contributed by atoms with Crippen LogP contribution in [0.5, 0.6) is 0 Å². The summed E-state index contributed by atoms with van der Waals surface area (Å²) in [6.45, 7) is 1.62. The van der Waals surface area contributed by atoms with Gasteiger partial charge in [0.25, 0.3) is 5.91 Å². The lowest BCUT2D eigenvalue weighted by Crippen LogP contribution is -2.54. The molecule has 2 aromatic carbocycles. The Balaban J connectivity index is 2.27. The van der Waals surface area contributed by atoms with Crippen molar-refractivity contribution in [3.8, 4) is 0 Å². The van der Waals surface area contributed by atoms with E-state index in [1.54, 1.807) is 31.2 Å². The van der Waals surface area contributed by atoms with Gasteiger partial charge in [-0.15, -0.1) is 0 Å². The van der Waals surface area contributed by atoms with Crippen molar-refractivity contribution >= 4 is 34.1 Å². The molecule has 0 aromatic heterocycles. The van der Waals surface area contributed by atoms with Gasteiger partial charge >= 0.3 is 11.9 Å². The highest BCUT2D eigenvalue weighted by Crippen LogP contribution is 2.10. The van der Waals surface area contributed by atoms with Gasteiger partial charge in [-0.2, -0.15) is 4.72 Å². The molecule has 0 fully saturated rings. The molecular weight excluding hydrogens is 410 g/mol. The predicted octanol–water partition coefficient (Wildman–Crippen LogP) is 1.47. The van der Waals surface area contributed by atoms with Gasteiger partial charge in [0.05, 0.1) is 10.8 Å². The van der Waals surface area contributed by atoms with E-state index >= 15 is 0 Å². The molecule has 2 unspecified atom stereocenters. The number of ether oxygens (including phenoxy) is 1. The minimum Gasteiger partial charge on any atom is -0.390 e. The maximum atomic E-state index is 12.6. The van der Waals surface area contributed by atoms with Crippen LogP contribution in [-0.4, -0.2) is 38.6 Å². The Morgan fingerprint density at radius 2 is 1.57 bits per heavy atom. The van der Waals surface area contributed by atoms with Gasteiger partial charge in [0.1, 0.15) is 0 Å². The Hall–Kier alpha value is -3.37. The number of rotatable bonds is 9. The van der Waals surface area contributed by atoms with Crippen molar-refractivity contribution in [3.05, 3.63) is 66.2 Å². The van der Waals surface area contributed by atoms with Gasteiger partial charge in [-0.1, -0.05) is 43.3 Å². The van der Waals surface area contributed by atoms with Crippen LogP contribution in [0, 0.1) is 11.3 Å². The Morgan fingerprint density at radius 3 is 2.10 bits per heavy atom. The van der Waals surface area contributed by atoms with Crippen molar-refractivity contribution < 1.29 is 27.5 Å². The second-order valence-corrected chi connectivity index (χ2v) is 7.84. The molecule has 0 bridgehead atoms. The minimum absolute atomic E-state index is 0.144. The molecule has 0 radical (unpaired) electrons. The quantitative estimate of drug-likeness (QED) is 0.237. The van der Waals surface area contributed by atoms with Crippen molar-refractivity contribution in [2.45, 2.75) is 24.4 Å². The van der Waals surface area contributed by atoms with Crippen molar-refractivity contribution in [2.75, 3.05) is 0 Å². The number of nitrogens with one attached hydrogen (secondary N) is 3. The van der Waals surface area contributed by atoms with Crippen molar-refractivity contribution in [3.63, 3.8) is 0 Å². The van der Waals surface area contributed by atoms with Gasteiger partial charge in [0.15, 0.2) is 6.17 Å². The van der Waals surface area contributed by atoms with Crippen LogP contribution in [0.4, 0.5) is 0 Å². The lowest BCUT2D eigenvalue weighted by Gasteiger charge is -2.19. The van der Waals surface area contributed by atoms with Crippen LogP contribution in [0.25, 0.3) is 0 Å². The van der Waals surface area contributed by atoms with E-state index in [0.717, 1.165) is 6.21 Å². The van der Waals surface area contributed by atoms with Crippen molar-refractivity contribution in [1.82, 2.24) is 10.0 Å². The summed E-state index contributed by atoms with van der Waals surface area (Å²) in [5.74, 6) is -4.05. The summed E-state index contributed by atoms with van der Waals surface area (Å²) in [4.78, 5) is 36.8. The zero-order chi connectivity index (χ0) is 22.1. The molecule has 3 N–H and O–H groups in total. The summed E-state index contributed by atoms with van der Waals surface area (Å²) in [6, 6.07) is 15.0. The minimum atomic E-state index is -4.22. The first-order chi connectivity index (χ1) is 14.3. The van der Waals surface area contributed by atoms with Gasteiger partial charge in [-0.25, -0.2) is 13.2 Å². The van der Waals surface area contributed by atoms with Gasteiger partial charge in [-0.05, 0) is 30.7 Å². The number of hydrogen-bond acceptors (Lipinski definition) is 7. The fraction of sp³-hybridized carbons (Fsp3) is 0.200. The first kappa shape index (κ1) is 22.9. The van der Waals surface area contributed by atoms with E-state index in [-0.39, 0.29) is 16.9 Å². The first-order valence-corrected chi connectivity index (χ1v) is 10.5. The fourth-order valence-corrected chi connectivity index (χ4v) is 3.47. The molecule has 158 valence electrons. The van der Waals surface area contributed by atoms with Crippen LogP contribution < -0.4 is 10.0 Å². The van der Waals surface area contributed by atoms with Crippen LogP contribution in [0.15, 0.2) is 65.6 Å². The molecule has 0 aliphatic rings. The Bertz CT molecular complexity index is 1010. The SMILES string of the molecule is CCC(C=N)C(=O)OC(=O)C(NC(=O)c1ccccc1)NS(=O)(=O)c1ccccc1. The second-order valence-electron chi connectivity index (χ2n) is 6.13. The highest BCUT2D eigenvalue weighted by molar-refractivity contribution is 7.89. The zero-order valence-corrected chi connectivity index (χ0v) is 16.9. The second kappa shape index (κ2) is 10.4. The number of amides is 1. The molecule has 0 aliphatic carbocycles. The van der Waals surface area contributed by atoms with Gasteiger partial charge in [0, 0.05) is 11.8 Å². The standard InChI is InChI=1S/C20H21N3O6S/c1-2-14(13-21)19(25)29-20(26)17(22-18(24)15-9-5-3-6-10-15)23-30(27,28)16-11-7-4-8-12-16/h3-14,17,21,23H,2H2,1H3,(H,22,24). The maximum Gasteiger partial charge on any atom is 0.352 e. The normalized spacial score (nSPS) is 13.0. The molecule has 2 atom stereocenters. The van der Waals surface area contributed by atoms with E-state index in [0.29, 0.717) is 0 Å². The Labute approximate surface area is 174 Å². The lowest BCUT2D eigenvalue weighted by molar-refractivity contribution is -0.162. The molecule has 0 heterocycles. The summed E-state index contributed by atoms with van der Waals surface area (Å²) in [6.07, 6.45) is -0.830. The van der Waals surface area contributed by atoms with Crippen LogP contribution in [-0.2, 0) is 24.3 Å². The summed E-state index contributed by atoms with van der Waals surface area (Å²) in [5.41, 5.74) is 0.173. The molecule has 0 aliphatic heterocycles. The smallest absolute Gasteiger partial charge is 0.352 e. The van der Waals surface area contributed by atoms with Crippen LogP contribution in [0.1, 0.15) is 23.7 Å². The Morgan fingerprint density at radius 1 is 1.00 bits per heavy atom. The van der Waals surface area contributed by atoms with E-state index in [2.05, 4.69) is 5.32 Å². The van der Waals surface area contributed by atoms with Crippen LogP contribution >= 0.6 is 0 Å². The van der Waals surface area contributed by atoms with E-state index in [4.69, 9.17) is 10.1 Å². The third-order valence-electron chi connectivity index (χ3n) is 4.02. The number of hydrogen-bond donors (Lipinski definition) is 3. The van der Waals surface area contributed by atoms with Gasteiger partial charge in [0.2, 0.25) is 10.0 Å². The number of carbonyl (C=O) groups excluding carboxylic acids is 3. The molecule has 0 saturated heterocycles. The third-order valence-corrected chi connectivity index (χ3v) is 5.46. The molecule has 0 saturated carbocycles. The zero-order valence-electron chi connectivity index (χ0n) is 16.1. The van der Waals surface area contributed by atoms with E-state index in [1.807, 2.05) is 4.72 Å². The van der Waals surface area contributed by atoms with E-state index in [1.165, 1.54) is 36.4 Å². The molecule has 30 heavy (non-hydrogen) atoms. The van der Waals surface area contributed by atoms with Crippen molar-refractivity contribution in [2.24, 2.45) is 5.92 Å². The number of sulfonamides is 1. The Kier molecular flexibility index (Phi) is 7.96.